The monoisotopic (exact) mass is 358 g/mol. The van der Waals surface area contributed by atoms with Gasteiger partial charge >= 0.3 is 11.9 Å². The zero-order valence-corrected chi connectivity index (χ0v) is 15.8. The first-order chi connectivity index (χ1) is 12.2. The summed E-state index contributed by atoms with van der Waals surface area (Å²) in [6.45, 7) is 7.77. The van der Waals surface area contributed by atoms with Gasteiger partial charge in [-0.3, -0.25) is 4.79 Å². The van der Waals surface area contributed by atoms with E-state index >= 15 is 0 Å². The molecule has 0 spiro atoms. The van der Waals surface area contributed by atoms with E-state index in [1.54, 1.807) is 13.0 Å². The van der Waals surface area contributed by atoms with Gasteiger partial charge in [0, 0.05) is 17.1 Å². The summed E-state index contributed by atoms with van der Waals surface area (Å²) >= 11 is 0. The van der Waals surface area contributed by atoms with Gasteiger partial charge in [-0.15, -0.1) is 0 Å². The molecule has 2 heterocycles. The van der Waals surface area contributed by atoms with Crippen LogP contribution in [0.3, 0.4) is 0 Å². The zero-order chi connectivity index (χ0) is 18.8. The molecular formula is C21H26O5. The van der Waals surface area contributed by atoms with Gasteiger partial charge in [-0.1, -0.05) is 13.8 Å². The highest BCUT2D eigenvalue weighted by Crippen LogP contribution is 2.54. The van der Waals surface area contributed by atoms with Crippen LogP contribution in [0.5, 0.6) is 0 Å². The largest absolute Gasteiger partial charge is 0.455 e. The molecule has 2 aliphatic carbocycles. The smallest absolute Gasteiger partial charge is 0.335 e. The third-order valence-corrected chi connectivity index (χ3v) is 6.93. The van der Waals surface area contributed by atoms with E-state index in [-0.39, 0.29) is 41.6 Å². The predicted octanol–water partition coefficient (Wildman–Crippen LogP) is 3.13. The van der Waals surface area contributed by atoms with Crippen LogP contribution in [0.1, 0.15) is 53.4 Å². The molecule has 6 atom stereocenters. The first-order valence-electron chi connectivity index (χ1n) is 9.64. The lowest BCUT2D eigenvalue weighted by Gasteiger charge is -2.35. The molecule has 4 rings (SSSR count). The maximum Gasteiger partial charge on any atom is 0.335 e. The zero-order valence-electron chi connectivity index (χ0n) is 15.8. The third-order valence-electron chi connectivity index (χ3n) is 6.93. The van der Waals surface area contributed by atoms with Gasteiger partial charge in [0.2, 0.25) is 0 Å². The topological polar surface area (TPSA) is 69.7 Å². The average Bonchev–Trinajstić information content (AvgIpc) is 3.19. The molecule has 0 amide bonds. The Kier molecular flexibility index (Phi) is 3.90. The summed E-state index contributed by atoms with van der Waals surface area (Å²) < 4.78 is 11.1. The molecule has 26 heavy (non-hydrogen) atoms. The molecule has 140 valence electrons. The SMILES string of the molecule is CC1=CC(CCC2(C)OC(=O)C3=C2C(=O)C2C(C)CCC2C3C)OC1=O. The van der Waals surface area contributed by atoms with E-state index in [2.05, 4.69) is 13.8 Å². The number of cyclic esters (lactones) is 2. The van der Waals surface area contributed by atoms with Gasteiger partial charge in [-0.25, -0.2) is 9.59 Å². The Morgan fingerprint density at radius 2 is 1.88 bits per heavy atom. The minimum absolute atomic E-state index is 0.00373. The number of carbonyl (C=O) groups is 3. The van der Waals surface area contributed by atoms with Crippen LogP contribution in [-0.4, -0.2) is 29.4 Å². The number of hydrogen-bond donors (Lipinski definition) is 0. The Morgan fingerprint density at radius 3 is 2.54 bits per heavy atom. The standard InChI is InChI=1S/C21H26O5/c1-10-5-6-14-12(3)16-17(18(22)15(10)14)21(4,26-20(16)24)8-7-13-9-11(2)19(23)25-13/h9-10,12-15H,5-8H2,1-4H3. The molecule has 0 aromatic heterocycles. The van der Waals surface area contributed by atoms with Crippen LogP contribution in [0, 0.1) is 23.7 Å². The lowest BCUT2D eigenvalue weighted by atomic mass is 9.66. The van der Waals surface area contributed by atoms with Crippen LogP contribution in [0.25, 0.3) is 0 Å². The molecule has 5 heteroatoms. The van der Waals surface area contributed by atoms with Crippen molar-refractivity contribution >= 4 is 17.7 Å². The maximum atomic E-state index is 13.3. The van der Waals surface area contributed by atoms with E-state index in [9.17, 15) is 14.4 Å². The predicted molar refractivity (Wildman–Crippen MR) is 93.9 cm³/mol. The van der Waals surface area contributed by atoms with E-state index in [1.165, 1.54) is 0 Å². The van der Waals surface area contributed by atoms with Crippen LogP contribution >= 0.6 is 0 Å². The molecule has 0 N–H and O–H groups in total. The van der Waals surface area contributed by atoms with Crippen LogP contribution < -0.4 is 0 Å². The van der Waals surface area contributed by atoms with E-state index in [0.29, 0.717) is 35.5 Å². The molecule has 2 aliphatic heterocycles. The number of carbonyl (C=O) groups excluding carboxylic acids is 3. The van der Waals surface area contributed by atoms with Crippen molar-refractivity contribution in [2.45, 2.75) is 65.1 Å². The fourth-order valence-corrected chi connectivity index (χ4v) is 5.48. The van der Waals surface area contributed by atoms with Crippen molar-refractivity contribution in [3.63, 3.8) is 0 Å². The summed E-state index contributed by atoms with van der Waals surface area (Å²) in [6, 6.07) is 0. The normalized spacial score (nSPS) is 41.8. The fourth-order valence-electron chi connectivity index (χ4n) is 5.48. The summed E-state index contributed by atoms with van der Waals surface area (Å²) in [5.74, 6) is 0.154. The molecule has 0 saturated heterocycles. The number of ether oxygens (including phenoxy) is 2. The van der Waals surface area contributed by atoms with E-state index < -0.39 is 5.60 Å². The first-order valence-corrected chi connectivity index (χ1v) is 9.64. The van der Waals surface area contributed by atoms with Gasteiger partial charge in [0.15, 0.2) is 5.78 Å². The molecule has 0 aromatic rings. The van der Waals surface area contributed by atoms with Gasteiger partial charge in [-0.2, -0.15) is 0 Å². The quantitative estimate of drug-likeness (QED) is 0.725. The molecule has 0 radical (unpaired) electrons. The molecule has 1 saturated carbocycles. The van der Waals surface area contributed by atoms with E-state index in [4.69, 9.17) is 9.47 Å². The first kappa shape index (κ1) is 17.5. The fraction of sp³-hybridized carbons (Fsp3) is 0.667. The average molecular weight is 358 g/mol. The van der Waals surface area contributed by atoms with Gasteiger partial charge in [0.1, 0.15) is 11.7 Å². The van der Waals surface area contributed by atoms with Crippen LogP contribution in [-0.2, 0) is 23.9 Å². The number of rotatable bonds is 3. The van der Waals surface area contributed by atoms with Gasteiger partial charge in [0.05, 0.1) is 5.57 Å². The summed E-state index contributed by atoms with van der Waals surface area (Å²) in [6.07, 6.45) is 4.55. The van der Waals surface area contributed by atoms with Crippen LogP contribution in [0.15, 0.2) is 22.8 Å². The summed E-state index contributed by atoms with van der Waals surface area (Å²) in [5.41, 5.74) is 0.883. The van der Waals surface area contributed by atoms with Crippen LogP contribution in [0.2, 0.25) is 0 Å². The lowest BCUT2D eigenvalue weighted by Crippen LogP contribution is -2.41. The summed E-state index contributed by atoms with van der Waals surface area (Å²) in [7, 11) is 0. The summed E-state index contributed by atoms with van der Waals surface area (Å²) in [5, 5.41) is 0. The third kappa shape index (κ3) is 2.39. The Hall–Kier alpha value is -1.91. The van der Waals surface area contributed by atoms with Crippen molar-refractivity contribution in [1.29, 1.82) is 0 Å². The van der Waals surface area contributed by atoms with Crippen molar-refractivity contribution in [3.05, 3.63) is 22.8 Å². The summed E-state index contributed by atoms with van der Waals surface area (Å²) in [4.78, 5) is 37.5. The molecule has 1 fully saturated rings. The molecule has 4 aliphatic rings. The Morgan fingerprint density at radius 1 is 1.15 bits per heavy atom. The number of hydrogen-bond acceptors (Lipinski definition) is 5. The van der Waals surface area contributed by atoms with Gasteiger partial charge in [-0.05, 0) is 63.4 Å². The number of ketones is 1. The van der Waals surface area contributed by atoms with Crippen molar-refractivity contribution < 1.29 is 23.9 Å². The molecule has 6 unspecified atom stereocenters. The van der Waals surface area contributed by atoms with E-state index in [0.717, 1.165) is 12.8 Å². The lowest BCUT2D eigenvalue weighted by molar-refractivity contribution is -0.148. The van der Waals surface area contributed by atoms with Crippen molar-refractivity contribution in [3.8, 4) is 0 Å². The molecule has 0 bridgehead atoms. The Bertz CT molecular complexity index is 760. The molecule has 0 aromatic carbocycles. The van der Waals surface area contributed by atoms with Crippen molar-refractivity contribution in [2.75, 3.05) is 0 Å². The van der Waals surface area contributed by atoms with Crippen LogP contribution in [0.4, 0.5) is 0 Å². The Balaban J connectivity index is 1.62. The van der Waals surface area contributed by atoms with Crippen molar-refractivity contribution in [2.24, 2.45) is 23.7 Å². The van der Waals surface area contributed by atoms with Crippen molar-refractivity contribution in [1.82, 2.24) is 0 Å². The molecular weight excluding hydrogens is 332 g/mol. The van der Waals surface area contributed by atoms with E-state index in [1.807, 2.05) is 6.92 Å². The number of esters is 2. The second-order valence-electron chi connectivity index (χ2n) is 8.64. The number of Topliss-reactive ketones (excluding diaryl/α,β-unsaturated/α-hetero) is 1. The number of fused-ring (bicyclic) bond motifs is 1. The minimum atomic E-state index is -0.915. The second kappa shape index (κ2) is 5.80. The maximum absolute atomic E-state index is 13.3. The van der Waals surface area contributed by atoms with Gasteiger partial charge in [0.25, 0.3) is 0 Å². The highest BCUT2D eigenvalue weighted by atomic mass is 16.6. The second-order valence-corrected chi connectivity index (χ2v) is 8.64. The van der Waals surface area contributed by atoms with Gasteiger partial charge < -0.3 is 9.47 Å². The highest BCUT2D eigenvalue weighted by molar-refractivity contribution is 6.11. The Labute approximate surface area is 153 Å². The highest BCUT2D eigenvalue weighted by Gasteiger charge is 2.57. The minimum Gasteiger partial charge on any atom is -0.455 e. The molecule has 5 nitrogen and oxygen atoms in total.